The molecule has 0 aromatic heterocycles. The second kappa shape index (κ2) is 7.54. The Morgan fingerprint density at radius 2 is 1.86 bits per heavy atom. The summed E-state index contributed by atoms with van der Waals surface area (Å²) >= 11 is 0. The third-order valence-electron chi connectivity index (χ3n) is 4.24. The molecule has 21 heavy (non-hydrogen) atoms. The van der Waals surface area contributed by atoms with Crippen molar-refractivity contribution in [1.29, 1.82) is 0 Å². The van der Waals surface area contributed by atoms with Crippen LogP contribution in [0.3, 0.4) is 0 Å². The highest BCUT2D eigenvalue weighted by Gasteiger charge is 2.25. The molecule has 1 aliphatic rings. The standard InChI is InChI=1S/C16H25N3O2/c1-2-15(12-20)18-7-9-19(10-8-18)16(21)14-5-3-13(11-17)4-6-14/h3-6,15,20H,2,7-12,17H2,1H3. The summed E-state index contributed by atoms with van der Waals surface area (Å²) in [5.41, 5.74) is 7.32. The van der Waals surface area contributed by atoms with E-state index in [4.69, 9.17) is 5.73 Å². The third-order valence-corrected chi connectivity index (χ3v) is 4.24. The molecule has 1 heterocycles. The van der Waals surface area contributed by atoms with Crippen LogP contribution in [0.5, 0.6) is 0 Å². The average molecular weight is 291 g/mol. The predicted molar refractivity (Wildman–Crippen MR) is 83.0 cm³/mol. The summed E-state index contributed by atoms with van der Waals surface area (Å²) in [7, 11) is 0. The van der Waals surface area contributed by atoms with Gasteiger partial charge < -0.3 is 15.7 Å². The number of piperazine rings is 1. The van der Waals surface area contributed by atoms with Crippen molar-refractivity contribution in [3.63, 3.8) is 0 Å². The average Bonchev–Trinajstić information content (AvgIpc) is 2.56. The minimum Gasteiger partial charge on any atom is -0.395 e. The molecule has 1 aromatic carbocycles. The number of nitrogens with zero attached hydrogens (tertiary/aromatic N) is 2. The smallest absolute Gasteiger partial charge is 0.253 e. The SMILES string of the molecule is CCC(CO)N1CCN(C(=O)c2ccc(CN)cc2)CC1. The molecule has 1 aromatic rings. The topological polar surface area (TPSA) is 69.8 Å². The highest BCUT2D eigenvalue weighted by molar-refractivity contribution is 5.94. The Kier molecular flexibility index (Phi) is 5.73. The van der Waals surface area contributed by atoms with Crippen LogP contribution in [-0.4, -0.2) is 59.6 Å². The van der Waals surface area contributed by atoms with Gasteiger partial charge in [-0.25, -0.2) is 0 Å². The zero-order valence-electron chi connectivity index (χ0n) is 12.7. The van der Waals surface area contributed by atoms with E-state index in [-0.39, 0.29) is 18.6 Å². The quantitative estimate of drug-likeness (QED) is 0.837. The van der Waals surface area contributed by atoms with Gasteiger partial charge in [0.05, 0.1) is 6.61 Å². The molecule has 1 saturated heterocycles. The van der Waals surface area contributed by atoms with Crippen molar-refractivity contribution in [2.75, 3.05) is 32.8 Å². The fourth-order valence-corrected chi connectivity index (χ4v) is 2.76. The first-order valence-corrected chi connectivity index (χ1v) is 7.62. The van der Waals surface area contributed by atoms with E-state index in [2.05, 4.69) is 11.8 Å². The summed E-state index contributed by atoms with van der Waals surface area (Å²) in [6, 6.07) is 7.72. The number of aliphatic hydroxyl groups is 1. The number of benzene rings is 1. The predicted octanol–water partition coefficient (Wildman–Crippen LogP) is 0.674. The molecule has 5 heteroatoms. The summed E-state index contributed by atoms with van der Waals surface area (Å²) in [4.78, 5) is 16.6. The van der Waals surface area contributed by atoms with Gasteiger partial charge >= 0.3 is 0 Å². The largest absolute Gasteiger partial charge is 0.395 e. The van der Waals surface area contributed by atoms with E-state index in [1.165, 1.54) is 0 Å². The van der Waals surface area contributed by atoms with Crippen molar-refractivity contribution in [3.8, 4) is 0 Å². The van der Waals surface area contributed by atoms with Crippen molar-refractivity contribution in [2.45, 2.75) is 25.9 Å². The zero-order chi connectivity index (χ0) is 15.2. The zero-order valence-corrected chi connectivity index (χ0v) is 12.7. The van der Waals surface area contributed by atoms with Gasteiger partial charge in [-0.2, -0.15) is 0 Å². The van der Waals surface area contributed by atoms with Gasteiger partial charge in [-0.3, -0.25) is 9.69 Å². The third kappa shape index (κ3) is 3.81. The molecule has 1 amide bonds. The number of carbonyl (C=O) groups excluding carboxylic acids is 1. The highest BCUT2D eigenvalue weighted by Crippen LogP contribution is 2.13. The van der Waals surface area contributed by atoms with Gasteiger partial charge in [0.2, 0.25) is 0 Å². The van der Waals surface area contributed by atoms with Crippen LogP contribution in [0.4, 0.5) is 0 Å². The van der Waals surface area contributed by atoms with Crippen molar-refractivity contribution < 1.29 is 9.90 Å². The van der Waals surface area contributed by atoms with Gasteiger partial charge in [-0.05, 0) is 24.1 Å². The summed E-state index contributed by atoms with van der Waals surface area (Å²) in [5.74, 6) is 0.0790. The van der Waals surface area contributed by atoms with Gasteiger partial charge in [0.15, 0.2) is 0 Å². The minimum atomic E-state index is 0.0790. The van der Waals surface area contributed by atoms with Gasteiger partial charge in [0.25, 0.3) is 5.91 Å². The molecular weight excluding hydrogens is 266 g/mol. The van der Waals surface area contributed by atoms with Crippen LogP contribution in [0.2, 0.25) is 0 Å². The molecule has 0 spiro atoms. The number of carbonyl (C=O) groups is 1. The molecular formula is C16H25N3O2. The molecule has 0 radical (unpaired) electrons. The maximum absolute atomic E-state index is 12.4. The van der Waals surface area contributed by atoms with E-state index in [1.807, 2.05) is 29.2 Å². The Balaban J connectivity index is 1.93. The Bertz CT molecular complexity index is 449. The van der Waals surface area contributed by atoms with Crippen molar-refractivity contribution in [1.82, 2.24) is 9.80 Å². The van der Waals surface area contributed by atoms with Crippen LogP contribution >= 0.6 is 0 Å². The molecule has 0 bridgehead atoms. The van der Waals surface area contributed by atoms with E-state index in [0.29, 0.717) is 19.6 Å². The Morgan fingerprint density at radius 1 is 1.24 bits per heavy atom. The second-order valence-corrected chi connectivity index (χ2v) is 5.47. The minimum absolute atomic E-state index is 0.0790. The molecule has 2 rings (SSSR count). The van der Waals surface area contributed by atoms with Crippen molar-refractivity contribution in [2.24, 2.45) is 5.73 Å². The van der Waals surface area contributed by atoms with E-state index < -0.39 is 0 Å². The first-order valence-electron chi connectivity index (χ1n) is 7.62. The molecule has 0 aliphatic carbocycles. The van der Waals surface area contributed by atoms with Gasteiger partial charge in [0.1, 0.15) is 0 Å². The molecule has 1 atom stereocenters. The lowest BCUT2D eigenvalue weighted by Gasteiger charge is -2.38. The molecule has 3 N–H and O–H groups in total. The molecule has 0 saturated carbocycles. The maximum atomic E-state index is 12.4. The lowest BCUT2D eigenvalue weighted by atomic mass is 10.1. The number of rotatable bonds is 5. The van der Waals surface area contributed by atoms with E-state index in [9.17, 15) is 9.90 Å². The summed E-state index contributed by atoms with van der Waals surface area (Å²) < 4.78 is 0. The highest BCUT2D eigenvalue weighted by atomic mass is 16.3. The van der Waals surface area contributed by atoms with Crippen LogP contribution in [0.25, 0.3) is 0 Å². The summed E-state index contributed by atoms with van der Waals surface area (Å²) in [6.07, 6.45) is 0.936. The summed E-state index contributed by atoms with van der Waals surface area (Å²) in [5, 5.41) is 9.35. The molecule has 1 unspecified atom stereocenters. The molecule has 5 nitrogen and oxygen atoms in total. The first-order chi connectivity index (χ1) is 10.2. The lowest BCUT2D eigenvalue weighted by molar-refractivity contribution is 0.0472. The van der Waals surface area contributed by atoms with Crippen LogP contribution in [-0.2, 0) is 6.54 Å². The van der Waals surface area contributed by atoms with E-state index in [1.54, 1.807) is 0 Å². The van der Waals surface area contributed by atoms with Gasteiger partial charge in [0, 0.05) is 44.3 Å². The Labute approximate surface area is 126 Å². The second-order valence-electron chi connectivity index (χ2n) is 5.47. The number of hydrogen-bond acceptors (Lipinski definition) is 4. The molecule has 1 fully saturated rings. The van der Waals surface area contributed by atoms with E-state index in [0.717, 1.165) is 30.6 Å². The number of aliphatic hydroxyl groups excluding tert-OH is 1. The van der Waals surface area contributed by atoms with Crippen LogP contribution < -0.4 is 5.73 Å². The first kappa shape index (κ1) is 15.9. The van der Waals surface area contributed by atoms with E-state index >= 15 is 0 Å². The van der Waals surface area contributed by atoms with Crippen LogP contribution in [0.1, 0.15) is 29.3 Å². The summed E-state index contributed by atoms with van der Waals surface area (Å²) in [6.45, 7) is 5.84. The van der Waals surface area contributed by atoms with Crippen molar-refractivity contribution >= 4 is 5.91 Å². The van der Waals surface area contributed by atoms with Crippen LogP contribution in [0.15, 0.2) is 24.3 Å². The molecule has 116 valence electrons. The van der Waals surface area contributed by atoms with Crippen molar-refractivity contribution in [3.05, 3.63) is 35.4 Å². The monoisotopic (exact) mass is 291 g/mol. The fourth-order valence-electron chi connectivity index (χ4n) is 2.76. The van der Waals surface area contributed by atoms with Crippen LogP contribution in [0, 0.1) is 0 Å². The fraction of sp³-hybridized carbons (Fsp3) is 0.562. The van der Waals surface area contributed by atoms with Gasteiger partial charge in [-0.1, -0.05) is 19.1 Å². The Morgan fingerprint density at radius 3 is 2.33 bits per heavy atom. The normalized spacial score (nSPS) is 17.8. The molecule has 1 aliphatic heterocycles. The maximum Gasteiger partial charge on any atom is 0.253 e. The van der Waals surface area contributed by atoms with Gasteiger partial charge in [-0.15, -0.1) is 0 Å². The Hall–Kier alpha value is -1.43. The number of hydrogen-bond donors (Lipinski definition) is 2. The number of amides is 1. The lowest BCUT2D eigenvalue weighted by Crippen LogP contribution is -2.52. The number of nitrogens with two attached hydrogens (primary N) is 1.